The van der Waals surface area contributed by atoms with Crippen LogP contribution in [-0.2, 0) is 7.05 Å². The smallest absolute Gasteiger partial charge is 0.253 e. The van der Waals surface area contributed by atoms with Crippen LogP contribution in [-0.4, -0.2) is 21.0 Å². The first-order valence-corrected chi connectivity index (χ1v) is 10.4. The van der Waals surface area contributed by atoms with Gasteiger partial charge in [0, 0.05) is 35.3 Å². The second kappa shape index (κ2) is 8.14. The molecule has 0 saturated heterocycles. The minimum Gasteiger partial charge on any atom is -0.494 e. The maximum absolute atomic E-state index is 12.3. The quantitative estimate of drug-likeness (QED) is 0.421. The molecule has 4 aromatic rings. The molecule has 2 heterocycles. The lowest BCUT2D eigenvalue weighted by Gasteiger charge is -2.06. The molecule has 7 heteroatoms. The Labute approximate surface area is 177 Å². The van der Waals surface area contributed by atoms with Crippen molar-refractivity contribution in [2.24, 2.45) is 7.05 Å². The van der Waals surface area contributed by atoms with Gasteiger partial charge in [0.25, 0.3) is 5.56 Å². The standard InChI is InChI=1S/C22H19N3O2S2/c1-3-27-17-11-9-15(10-12-17)21-18(19-13-20(26)24(2)22(28)29-19)14-25(23-21)16-7-5-4-6-8-16/h4-14H,3H2,1-2H3. The summed E-state index contributed by atoms with van der Waals surface area (Å²) in [5.41, 5.74) is 3.41. The summed E-state index contributed by atoms with van der Waals surface area (Å²) in [6, 6.07) is 19.3. The van der Waals surface area contributed by atoms with Crippen molar-refractivity contribution in [1.82, 2.24) is 14.3 Å². The summed E-state index contributed by atoms with van der Waals surface area (Å²) in [5.74, 6) is 0.810. The van der Waals surface area contributed by atoms with Crippen LogP contribution in [0.25, 0.3) is 27.4 Å². The Balaban J connectivity index is 1.90. The molecular formula is C22H19N3O2S2. The summed E-state index contributed by atoms with van der Waals surface area (Å²) in [6.45, 7) is 2.57. The molecule has 0 saturated carbocycles. The number of ether oxygens (including phenoxy) is 1. The van der Waals surface area contributed by atoms with Crippen LogP contribution in [0.3, 0.4) is 0 Å². The summed E-state index contributed by atoms with van der Waals surface area (Å²) < 4.78 is 9.38. The molecule has 0 radical (unpaired) electrons. The third-order valence-electron chi connectivity index (χ3n) is 4.50. The second-order valence-electron chi connectivity index (χ2n) is 6.40. The maximum atomic E-state index is 12.3. The maximum Gasteiger partial charge on any atom is 0.253 e. The number of aromatic nitrogens is 3. The van der Waals surface area contributed by atoms with E-state index in [1.807, 2.05) is 72.4 Å². The van der Waals surface area contributed by atoms with E-state index in [1.165, 1.54) is 15.9 Å². The highest BCUT2D eigenvalue weighted by Crippen LogP contribution is 2.34. The highest BCUT2D eigenvalue weighted by atomic mass is 32.1. The van der Waals surface area contributed by atoms with E-state index >= 15 is 0 Å². The summed E-state index contributed by atoms with van der Waals surface area (Å²) >= 11 is 6.77. The Morgan fingerprint density at radius 2 is 1.83 bits per heavy atom. The topological polar surface area (TPSA) is 49.1 Å². The van der Waals surface area contributed by atoms with Crippen molar-refractivity contribution in [2.75, 3.05) is 6.61 Å². The molecular weight excluding hydrogens is 402 g/mol. The summed E-state index contributed by atoms with van der Waals surface area (Å²) in [4.78, 5) is 13.1. The van der Waals surface area contributed by atoms with E-state index in [2.05, 4.69) is 0 Å². The molecule has 0 aliphatic heterocycles. The first kappa shape index (κ1) is 19.3. The summed E-state index contributed by atoms with van der Waals surface area (Å²) in [5, 5.41) is 4.82. The van der Waals surface area contributed by atoms with Crippen LogP contribution in [0.2, 0.25) is 0 Å². The zero-order valence-corrected chi connectivity index (χ0v) is 17.7. The van der Waals surface area contributed by atoms with Crippen molar-refractivity contribution in [3.05, 3.63) is 81.2 Å². The number of nitrogens with zero attached hydrogens (tertiary/aromatic N) is 3. The van der Waals surface area contributed by atoms with Crippen molar-refractivity contribution in [2.45, 2.75) is 6.92 Å². The summed E-state index contributed by atoms with van der Waals surface area (Å²) in [7, 11) is 1.69. The molecule has 0 aliphatic rings. The molecule has 5 nitrogen and oxygen atoms in total. The summed E-state index contributed by atoms with van der Waals surface area (Å²) in [6.07, 6.45) is 1.95. The Bertz CT molecular complexity index is 1220. The molecule has 4 rings (SSSR count). The van der Waals surface area contributed by atoms with Crippen LogP contribution in [0.5, 0.6) is 5.75 Å². The van der Waals surface area contributed by atoms with Crippen LogP contribution in [0.1, 0.15) is 6.92 Å². The van der Waals surface area contributed by atoms with Gasteiger partial charge in [-0.1, -0.05) is 18.2 Å². The van der Waals surface area contributed by atoms with Crippen LogP contribution < -0.4 is 10.3 Å². The molecule has 29 heavy (non-hydrogen) atoms. The SMILES string of the molecule is CCOc1ccc(-c2nn(-c3ccccc3)cc2-c2cc(=O)n(C)c(=S)s2)cc1. The number of hydrogen-bond acceptors (Lipinski definition) is 5. The lowest BCUT2D eigenvalue weighted by Crippen LogP contribution is -2.14. The molecule has 0 spiro atoms. The normalized spacial score (nSPS) is 10.8. The molecule has 0 unspecified atom stereocenters. The number of rotatable bonds is 5. The average Bonchev–Trinajstić information content (AvgIpc) is 3.19. The lowest BCUT2D eigenvalue weighted by atomic mass is 10.1. The minimum absolute atomic E-state index is 0.131. The van der Waals surface area contributed by atoms with Crippen molar-refractivity contribution in [3.63, 3.8) is 0 Å². The molecule has 146 valence electrons. The second-order valence-corrected chi connectivity index (χ2v) is 8.08. The fourth-order valence-corrected chi connectivity index (χ4v) is 4.17. The fraction of sp³-hybridized carbons (Fsp3) is 0.136. The van der Waals surface area contributed by atoms with E-state index in [-0.39, 0.29) is 5.56 Å². The zero-order valence-electron chi connectivity index (χ0n) is 16.0. The van der Waals surface area contributed by atoms with Crippen molar-refractivity contribution in [1.29, 1.82) is 0 Å². The van der Waals surface area contributed by atoms with E-state index < -0.39 is 0 Å². The number of benzene rings is 2. The van der Waals surface area contributed by atoms with Gasteiger partial charge in [0.05, 0.1) is 12.3 Å². The van der Waals surface area contributed by atoms with Crippen molar-refractivity contribution < 1.29 is 4.74 Å². The zero-order chi connectivity index (χ0) is 20.4. The molecule has 0 bridgehead atoms. The van der Waals surface area contributed by atoms with Crippen LogP contribution in [0, 0.1) is 3.95 Å². The van der Waals surface area contributed by atoms with Gasteiger partial charge in [0.15, 0.2) is 3.95 Å². The Morgan fingerprint density at radius 1 is 1.10 bits per heavy atom. The van der Waals surface area contributed by atoms with Gasteiger partial charge in [-0.3, -0.25) is 9.36 Å². The van der Waals surface area contributed by atoms with E-state index in [0.717, 1.165) is 33.1 Å². The lowest BCUT2D eigenvalue weighted by molar-refractivity contribution is 0.340. The van der Waals surface area contributed by atoms with Crippen LogP contribution in [0.4, 0.5) is 0 Å². The van der Waals surface area contributed by atoms with Gasteiger partial charge in [-0.05, 0) is 55.5 Å². The van der Waals surface area contributed by atoms with Gasteiger partial charge in [-0.2, -0.15) is 5.10 Å². The van der Waals surface area contributed by atoms with Crippen LogP contribution in [0.15, 0.2) is 71.7 Å². The van der Waals surface area contributed by atoms with E-state index in [4.69, 9.17) is 22.1 Å². The van der Waals surface area contributed by atoms with Gasteiger partial charge in [-0.15, -0.1) is 11.3 Å². The Hall–Kier alpha value is -3.03. The third-order valence-corrected chi connectivity index (χ3v) is 6.03. The average molecular weight is 422 g/mol. The van der Waals surface area contributed by atoms with Gasteiger partial charge in [-0.25, -0.2) is 4.68 Å². The predicted octanol–water partition coefficient (Wildman–Crippen LogP) is 5.09. The Kier molecular flexibility index (Phi) is 5.42. The van der Waals surface area contributed by atoms with E-state index in [9.17, 15) is 4.79 Å². The van der Waals surface area contributed by atoms with Gasteiger partial charge in [0.2, 0.25) is 0 Å². The first-order valence-electron chi connectivity index (χ1n) is 9.16. The van der Waals surface area contributed by atoms with Gasteiger partial charge < -0.3 is 4.74 Å². The Morgan fingerprint density at radius 3 is 2.48 bits per heavy atom. The molecule has 0 fully saturated rings. The molecule has 0 aliphatic carbocycles. The molecule has 0 amide bonds. The number of hydrogen-bond donors (Lipinski definition) is 0. The van der Waals surface area contributed by atoms with Crippen molar-refractivity contribution in [3.8, 4) is 33.1 Å². The fourth-order valence-electron chi connectivity index (χ4n) is 2.98. The highest BCUT2D eigenvalue weighted by molar-refractivity contribution is 7.73. The van der Waals surface area contributed by atoms with E-state index in [1.54, 1.807) is 13.1 Å². The number of para-hydroxylation sites is 1. The molecule has 0 atom stereocenters. The molecule has 2 aromatic carbocycles. The predicted molar refractivity (Wildman–Crippen MR) is 120 cm³/mol. The largest absolute Gasteiger partial charge is 0.494 e. The first-order chi connectivity index (χ1) is 14.1. The molecule has 0 N–H and O–H groups in total. The van der Waals surface area contributed by atoms with Gasteiger partial charge >= 0.3 is 0 Å². The highest BCUT2D eigenvalue weighted by Gasteiger charge is 2.16. The molecule has 2 aromatic heterocycles. The minimum atomic E-state index is -0.131. The van der Waals surface area contributed by atoms with Crippen molar-refractivity contribution >= 4 is 23.6 Å². The monoisotopic (exact) mass is 421 g/mol. The van der Waals surface area contributed by atoms with E-state index in [0.29, 0.717) is 10.6 Å². The third kappa shape index (κ3) is 3.92. The van der Waals surface area contributed by atoms with Crippen LogP contribution >= 0.6 is 23.6 Å². The van der Waals surface area contributed by atoms with Gasteiger partial charge in [0.1, 0.15) is 11.4 Å².